The van der Waals surface area contributed by atoms with Crippen molar-refractivity contribution in [1.29, 1.82) is 5.26 Å². The van der Waals surface area contributed by atoms with E-state index < -0.39 is 23.4 Å². The van der Waals surface area contributed by atoms with Crippen LogP contribution in [0.4, 0.5) is 0 Å². The van der Waals surface area contributed by atoms with Crippen LogP contribution < -0.4 is 0 Å². The van der Waals surface area contributed by atoms with Crippen LogP contribution in [0, 0.1) is 11.3 Å². The zero-order valence-electron chi connectivity index (χ0n) is 12.9. The maximum atomic E-state index is 12.2. The Morgan fingerprint density at radius 2 is 2.00 bits per heavy atom. The number of amides is 2. The Labute approximate surface area is 128 Å². The highest BCUT2D eigenvalue weighted by atomic mass is 16.5. The molecule has 0 saturated carbocycles. The van der Waals surface area contributed by atoms with Crippen LogP contribution in [0.2, 0.25) is 0 Å². The van der Waals surface area contributed by atoms with Gasteiger partial charge in [-0.05, 0) is 25.3 Å². The van der Waals surface area contributed by atoms with Crippen molar-refractivity contribution in [2.24, 2.45) is 0 Å². The minimum atomic E-state index is -0.863. The van der Waals surface area contributed by atoms with Gasteiger partial charge in [0.2, 0.25) is 0 Å². The van der Waals surface area contributed by atoms with Crippen molar-refractivity contribution in [2.45, 2.75) is 6.92 Å². The predicted octanol–water partition coefficient (Wildman–Crippen LogP) is 0.370. The minimum absolute atomic E-state index is 0.0461. The van der Waals surface area contributed by atoms with Crippen LogP contribution >= 0.6 is 0 Å². The fourth-order valence-corrected chi connectivity index (χ4v) is 1.77. The molecule has 2 amide bonds. The zero-order chi connectivity index (χ0) is 16.9. The van der Waals surface area contributed by atoms with Gasteiger partial charge in [0.25, 0.3) is 11.8 Å². The number of carbonyl (C=O) groups is 3. The van der Waals surface area contributed by atoms with Gasteiger partial charge in [-0.25, -0.2) is 4.79 Å². The van der Waals surface area contributed by atoms with E-state index in [0.717, 1.165) is 4.90 Å². The largest absolute Gasteiger partial charge is 0.462 e. The zero-order valence-corrected chi connectivity index (χ0v) is 12.9. The lowest BCUT2D eigenvalue weighted by Crippen LogP contribution is -2.41. The first kappa shape index (κ1) is 17.2. The van der Waals surface area contributed by atoms with Gasteiger partial charge >= 0.3 is 5.97 Å². The summed E-state index contributed by atoms with van der Waals surface area (Å²) in [5.41, 5.74) is -0.735. The lowest BCUT2D eigenvalue weighted by molar-refractivity contribution is -0.143. The number of nitriles is 1. The lowest BCUT2D eigenvalue weighted by Gasteiger charge is -2.24. The third kappa shape index (κ3) is 3.41. The number of imide groups is 1. The summed E-state index contributed by atoms with van der Waals surface area (Å²) >= 11 is 0. The quantitative estimate of drug-likeness (QED) is 0.423. The van der Waals surface area contributed by atoms with Gasteiger partial charge in [-0.3, -0.25) is 14.5 Å². The van der Waals surface area contributed by atoms with Gasteiger partial charge in [-0.2, -0.15) is 5.26 Å². The average Bonchev–Trinajstić information content (AvgIpc) is 2.46. The smallest absolute Gasteiger partial charge is 0.340 e. The summed E-state index contributed by atoms with van der Waals surface area (Å²) in [7, 11) is 4.83. The number of ether oxygens (including phenoxy) is 1. The molecule has 0 unspecified atom stereocenters. The second-order valence-corrected chi connectivity index (χ2v) is 4.64. The maximum Gasteiger partial charge on any atom is 0.340 e. The number of allylic oxidation sites excluding steroid dienone is 2. The van der Waals surface area contributed by atoms with Crippen LogP contribution in [-0.4, -0.2) is 55.3 Å². The molecule has 22 heavy (non-hydrogen) atoms. The molecule has 1 aliphatic rings. The Bertz CT molecular complexity index is 636. The first-order valence-electron chi connectivity index (χ1n) is 6.54. The molecular formula is C15H17N3O4. The number of likely N-dealkylation sites (N-methyl/N-ethyl adjacent to an activating group) is 1. The van der Waals surface area contributed by atoms with E-state index >= 15 is 0 Å². The Hall–Kier alpha value is -2.88. The highest BCUT2D eigenvalue weighted by molar-refractivity contribution is 6.24. The normalized spacial score (nSPS) is 17.2. The van der Waals surface area contributed by atoms with Gasteiger partial charge in [-0.15, -0.1) is 0 Å². The van der Waals surface area contributed by atoms with E-state index in [-0.39, 0.29) is 17.8 Å². The Kier molecular flexibility index (Phi) is 5.64. The fraction of sp³-hybridized carbons (Fsp3) is 0.333. The summed E-state index contributed by atoms with van der Waals surface area (Å²) in [6.07, 6.45) is 4.59. The van der Waals surface area contributed by atoms with Crippen LogP contribution in [-0.2, 0) is 19.1 Å². The van der Waals surface area contributed by atoms with Gasteiger partial charge in [0.05, 0.1) is 17.8 Å². The summed E-state index contributed by atoms with van der Waals surface area (Å²) in [4.78, 5) is 38.8. The molecule has 1 heterocycles. The van der Waals surface area contributed by atoms with Crippen molar-refractivity contribution in [2.75, 3.05) is 27.7 Å². The third-order valence-corrected chi connectivity index (χ3v) is 2.81. The second-order valence-electron chi connectivity index (χ2n) is 4.64. The van der Waals surface area contributed by atoms with E-state index in [9.17, 15) is 14.4 Å². The van der Waals surface area contributed by atoms with Gasteiger partial charge in [0.1, 0.15) is 11.6 Å². The molecule has 0 saturated heterocycles. The molecule has 0 aromatic carbocycles. The molecule has 116 valence electrons. The van der Waals surface area contributed by atoms with Crippen molar-refractivity contribution in [3.63, 3.8) is 0 Å². The molecule has 0 aliphatic carbocycles. The van der Waals surface area contributed by atoms with E-state index in [1.807, 2.05) is 0 Å². The van der Waals surface area contributed by atoms with E-state index in [0.29, 0.717) is 0 Å². The Balaban J connectivity index is 3.50. The van der Waals surface area contributed by atoms with E-state index in [1.54, 1.807) is 44.3 Å². The number of hydrogen-bond acceptors (Lipinski definition) is 6. The molecule has 1 aliphatic heterocycles. The molecule has 7 heteroatoms. The van der Waals surface area contributed by atoms with Gasteiger partial charge < -0.3 is 9.64 Å². The number of carbonyl (C=O) groups excluding carboxylic acids is 3. The standard InChI is InChI=1S/C15H17N3O4/c1-5-22-15(21)12-10(7-6-8-17(2)3)13(19)18(4)14(20)11(12)9-16/h6-8H,5H2,1-4H3/b8-6+,10-7+. The molecule has 0 aromatic rings. The first-order chi connectivity index (χ1) is 10.3. The highest BCUT2D eigenvalue weighted by Crippen LogP contribution is 2.25. The molecule has 0 aromatic heterocycles. The third-order valence-electron chi connectivity index (χ3n) is 2.81. The highest BCUT2D eigenvalue weighted by Gasteiger charge is 2.38. The van der Waals surface area contributed by atoms with Crippen molar-refractivity contribution in [3.05, 3.63) is 35.1 Å². The average molecular weight is 303 g/mol. The maximum absolute atomic E-state index is 12.2. The van der Waals surface area contributed by atoms with Crippen molar-refractivity contribution in [3.8, 4) is 6.07 Å². The fourth-order valence-electron chi connectivity index (χ4n) is 1.77. The summed E-state index contributed by atoms with van der Waals surface area (Å²) in [6, 6.07) is 1.68. The van der Waals surface area contributed by atoms with Crippen LogP contribution in [0.1, 0.15) is 6.92 Å². The summed E-state index contributed by atoms with van der Waals surface area (Å²) < 4.78 is 4.86. The summed E-state index contributed by atoms with van der Waals surface area (Å²) in [5, 5.41) is 9.16. The minimum Gasteiger partial charge on any atom is -0.462 e. The number of esters is 1. The van der Waals surface area contributed by atoms with Gasteiger partial charge in [0, 0.05) is 21.1 Å². The number of nitrogens with zero attached hydrogens (tertiary/aromatic N) is 3. The molecule has 0 radical (unpaired) electrons. The van der Waals surface area contributed by atoms with Crippen LogP contribution in [0.5, 0.6) is 0 Å². The molecule has 1 rings (SSSR count). The second kappa shape index (κ2) is 7.22. The first-order valence-corrected chi connectivity index (χ1v) is 6.54. The summed E-state index contributed by atoms with van der Waals surface area (Å²) in [6.45, 7) is 1.67. The molecule has 0 N–H and O–H groups in total. The SMILES string of the molecule is CCOC(=O)C1=C(C#N)C(=O)N(C)C(=O)/C1=C/C=C/N(C)C. The molecule has 0 fully saturated rings. The Morgan fingerprint density at radius 3 is 2.50 bits per heavy atom. The topological polar surface area (TPSA) is 90.7 Å². The molecular weight excluding hydrogens is 286 g/mol. The van der Waals surface area contributed by atoms with Crippen LogP contribution in [0.15, 0.2) is 35.1 Å². The predicted molar refractivity (Wildman–Crippen MR) is 78.0 cm³/mol. The molecule has 0 bridgehead atoms. The molecule has 0 spiro atoms. The van der Waals surface area contributed by atoms with Gasteiger partial charge in [-0.1, -0.05) is 0 Å². The lowest BCUT2D eigenvalue weighted by atomic mass is 9.94. The van der Waals surface area contributed by atoms with E-state index in [4.69, 9.17) is 10.00 Å². The van der Waals surface area contributed by atoms with Crippen LogP contribution in [0.3, 0.4) is 0 Å². The van der Waals surface area contributed by atoms with Gasteiger partial charge in [0.15, 0.2) is 0 Å². The summed E-state index contributed by atoms with van der Waals surface area (Å²) in [5.74, 6) is -2.34. The monoisotopic (exact) mass is 303 g/mol. The van der Waals surface area contributed by atoms with E-state index in [2.05, 4.69) is 0 Å². The number of hydrogen-bond donors (Lipinski definition) is 0. The molecule has 0 atom stereocenters. The van der Waals surface area contributed by atoms with Crippen molar-refractivity contribution >= 4 is 17.8 Å². The van der Waals surface area contributed by atoms with E-state index in [1.165, 1.54) is 13.1 Å². The number of rotatable bonds is 4. The van der Waals surface area contributed by atoms with Crippen molar-refractivity contribution < 1.29 is 19.1 Å². The molecule has 7 nitrogen and oxygen atoms in total. The van der Waals surface area contributed by atoms with Crippen LogP contribution in [0.25, 0.3) is 0 Å². The Morgan fingerprint density at radius 1 is 1.36 bits per heavy atom. The van der Waals surface area contributed by atoms with Crippen molar-refractivity contribution in [1.82, 2.24) is 9.80 Å².